The Morgan fingerprint density at radius 1 is 1.11 bits per heavy atom. The largest absolute Gasteiger partial charge is 0.398 e. The minimum absolute atomic E-state index is 0.655. The highest BCUT2D eigenvalue weighted by molar-refractivity contribution is 7.20. The van der Waals surface area contributed by atoms with Gasteiger partial charge in [-0.3, -0.25) is 0 Å². The standard InChI is InChI=1S/C13H8Cl2N2S2/c14-11-5-8(12(15)19-11)10-6-18-13(17-10)7-3-1-2-4-9(7)16/h1-6H,16H2. The number of nitrogen functional groups attached to an aromatic ring is 1. The summed E-state index contributed by atoms with van der Waals surface area (Å²) in [6, 6.07) is 9.51. The van der Waals surface area contributed by atoms with E-state index < -0.39 is 0 Å². The van der Waals surface area contributed by atoms with Crippen LogP contribution in [0.3, 0.4) is 0 Å². The molecule has 3 rings (SSSR count). The highest BCUT2D eigenvalue weighted by Gasteiger charge is 2.13. The van der Waals surface area contributed by atoms with E-state index >= 15 is 0 Å². The smallest absolute Gasteiger partial charge is 0.126 e. The molecule has 0 aliphatic rings. The Hall–Kier alpha value is -1.07. The number of benzene rings is 1. The highest BCUT2D eigenvalue weighted by atomic mass is 35.5. The number of thiazole rings is 1. The zero-order valence-electron chi connectivity index (χ0n) is 9.56. The highest BCUT2D eigenvalue weighted by Crippen LogP contribution is 2.40. The van der Waals surface area contributed by atoms with Gasteiger partial charge in [-0.1, -0.05) is 35.3 Å². The molecule has 0 radical (unpaired) electrons. The predicted molar refractivity (Wildman–Crippen MR) is 85.3 cm³/mol. The Kier molecular flexibility index (Phi) is 3.50. The molecule has 3 aromatic rings. The van der Waals surface area contributed by atoms with Crippen LogP contribution >= 0.6 is 45.9 Å². The minimum Gasteiger partial charge on any atom is -0.398 e. The van der Waals surface area contributed by atoms with Crippen molar-refractivity contribution in [3.63, 3.8) is 0 Å². The van der Waals surface area contributed by atoms with Gasteiger partial charge in [0.1, 0.15) is 9.34 Å². The van der Waals surface area contributed by atoms with Gasteiger partial charge in [-0.2, -0.15) is 0 Å². The molecular formula is C13H8Cl2N2S2. The molecule has 19 heavy (non-hydrogen) atoms. The lowest BCUT2D eigenvalue weighted by Gasteiger charge is -2.00. The van der Waals surface area contributed by atoms with Crippen molar-refractivity contribution < 1.29 is 0 Å². The van der Waals surface area contributed by atoms with Crippen LogP contribution in [-0.2, 0) is 0 Å². The summed E-state index contributed by atoms with van der Waals surface area (Å²) in [5.41, 5.74) is 9.32. The molecule has 0 fully saturated rings. The second kappa shape index (κ2) is 5.13. The predicted octanol–water partition coefficient (Wildman–Crippen LogP) is 5.43. The van der Waals surface area contributed by atoms with Crippen LogP contribution in [0.4, 0.5) is 5.69 Å². The molecule has 0 aliphatic heterocycles. The van der Waals surface area contributed by atoms with Gasteiger partial charge < -0.3 is 5.73 Å². The average molecular weight is 327 g/mol. The van der Waals surface area contributed by atoms with Gasteiger partial charge in [0.15, 0.2) is 0 Å². The van der Waals surface area contributed by atoms with E-state index in [2.05, 4.69) is 4.98 Å². The van der Waals surface area contributed by atoms with Crippen molar-refractivity contribution in [3.8, 4) is 21.8 Å². The molecule has 1 aromatic carbocycles. The maximum Gasteiger partial charge on any atom is 0.126 e. The molecule has 0 saturated carbocycles. The number of rotatable bonds is 2. The Balaban J connectivity index is 2.05. The molecule has 2 heterocycles. The van der Waals surface area contributed by atoms with Crippen molar-refractivity contribution >= 4 is 51.6 Å². The lowest BCUT2D eigenvalue weighted by molar-refractivity contribution is 1.41. The van der Waals surface area contributed by atoms with Crippen molar-refractivity contribution in [2.24, 2.45) is 0 Å². The number of halogens is 2. The van der Waals surface area contributed by atoms with Crippen molar-refractivity contribution in [2.45, 2.75) is 0 Å². The summed E-state index contributed by atoms with van der Waals surface area (Å²) in [4.78, 5) is 4.59. The molecule has 0 spiro atoms. The van der Waals surface area contributed by atoms with Crippen LogP contribution in [0.2, 0.25) is 8.67 Å². The number of hydrogen-bond acceptors (Lipinski definition) is 4. The minimum atomic E-state index is 0.655. The number of nitrogens with two attached hydrogens (primary N) is 1. The zero-order chi connectivity index (χ0) is 13.4. The van der Waals surface area contributed by atoms with Crippen molar-refractivity contribution in [2.75, 3.05) is 5.73 Å². The first-order valence-electron chi connectivity index (χ1n) is 5.41. The molecule has 0 bridgehead atoms. The number of thiophene rings is 1. The molecule has 2 aromatic heterocycles. The number of anilines is 1. The van der Waals surface area contributed by atoms with Gasteiger partial charge in [-0.15, -0.1) is 22.7 Å². The molecular weight excluding hydrogens is 319 g/mol. The van der Waals surface area contributed by atoms with E-state index in [-0.39, 0.29) is 0 Å². The molecule has 0 atom stereocenters. The molecule has 0 aliphatic carbocycles. The van der Waals surface area contributed by atoms with Crippen LogP contribution in [0.1, 0.15) is 0 Å². The van der Waals surface area contributed by atoms with Gasteiger partial charge in [0.25, 0.3) is 0 Å². The summed E-state index contributed by atoms with van der Waals surface area (Å²) < 4.78 is 1.32. The third-order valence-electron chi connectivity index (χ3n) is 2.63. The fourth-order valence-corrected chi connectivity index (χ4v) is 4.08. The number of aromatic nitrogens is 1. The molecule has 96 valence electrons. The normalized spacial score (nSPS) is 10.8. The van der Waals surface area contributed by atoms with E-state index in [0.29, 0.717) is 8.67 Å². The Morgan fingerprint density at radius 2 is 1.89 bits per heavy atom. The molecule has 2 N–H and O–H groups in total. The molecule has 0 unspecified atom stereocenters. The lowest BCUT2D eigenvalue weighted by Crippen LogP contribution is -1.88. The van der Waals surface area contributed by atoms with E-state index in [4.69, 9.17) is 28.9 Å². The maximum atomic E-state index is 6.14. The van der Waals surface area contributed by atoms with Crippen LogP contribution < -0.4 is 5.73 Å². The zero-order valence-corrected chi connectivity index (χ0v) is 12.7. The SMILES string of the molecule is Nc1ccccc1-c1nc(-c2cc(Cl)sc2Cl)cs1. The van der Waals surface area contributed by atoms with Crippen molar-refractivity contribution in [1.82, 2.24) is 4.98 Å². The van der Waals surface area contributed by atoms with Crippen LogP contribution in [-0.4, -0.2) is 4.98 Å². The average Bonchev–Trinajstić information content (AvgIpc) is 2.96. The van der Waals surface area contributed by atoms with Crippen LogP contribution in [0.25, 0.3) is 21.8 Å². The van der Waals surface area contributed by atoms with Crippen molar-refractivity contribution in [3.05, 3.63) is 44.4 Å². The quantitative estimate of drug-likeness (QED) is 0.638. The topological polar surface area (TPSA) is 38.9 Å². The summed E-state index contributed by atoms with van der Waals surface area (Å²) >= 11 is 15.0. The molecule has 2 nitrogen and oxygen atoms in total. The Bertz CT molecular complexity index is 734. The molecule has 0 amide bonds. The summed E-state index contributed by atoms with van der Waals surface area (Å²) in [6.45, 7) is 0. The van der Waals surface area contributed by atoms with E-state index in [1.807, 2.05) is 35.7 Å². The van der Waals surface area contributed by atoms with Crippen LogP contribution in [0.15, 0.2) is 35.7 Å². The van der Waals surface area contributed by atoms with E-state index in [9.17, 15) is 0 Å². The van der Waals surface area contributed by atoms with Gasteiger partial charge >= 0.3 is 0 Å². The monoisotopic (exact) mass is 326 g/mol. The van der Waals surface area contributed by atoms with Gasteiger partial charge in [0.2, 0.25) is 0 Å². The molecule has 6 heteroatoms. The Morgan fingerprint density at radius 3 is 2.58 bits per heavy atom. The first-order valence-corrected chi connectivity index (χ1v) is 7.86. The summed E-state index contributed by atoms with van der Waals surface area (Å²) in [7, 11) is 0. The van der Waals surface area contributed by atoms with Gasteiger partial charge in [0.05, 0.1) is 10.0 Å². The number of nitrogens with zero attached hydrogens (tertiary/aromatic N) is 1. The Labute approximate surface area is 128 Å². The van der Waals surface area contributed by atoms with E-state index in [0.717, 1.165) is 27.5 Å². The molecule has 0 saturated heterocycles. The lowest BCUT2D eigenvalue weighted by atomic mass is 10.2. The van der Waals surface area contributed by atoms with Gasteiger partial charge in [-0.05, 0) is 18.2 Å². The van der Waals surface area contributed by atoms with Crippen LogP contribution in [0.5, 0.6) is 0 Å². The van der Waals surface area contributed by atoms with E-state index in [1.165, 1.54) is 11.3 Å². The summed E-state index contributed by atoms with van der Waals surface area (Å²) in [5, 5.41) is 2.85. The fourth-order valence-electron chi connectivity index (χ4n) is 1.73. The fraction of sp³-hybridized carbons (Fsp3) is 0. The second-order valence-electron chi connectivity index (χ2n) is 3.86. The number of hydrogen-bond donors (Lipinski definition) is 1. The third kappa shape index (κ3) is 2.49. The maximum absolute atomic E-state index is 6.14. The van der Waals surface area contributed by atoms with Crippen LogP contribution in [0, 0.1) is 0 Å². The number of para-hydroxylation sites is 1. The van der Waals surface area contributed by atoms with Crippen molar-refractivity contribution in [1.29, 1.82) is 0 Å². The summed E-state index contributed by atoms with van der Waals surface area (Å²) in [5.74, 6) is 0. The summed E-state index contributed by atoms with van der Waals surface area (Å²) in [6.07, 6.45) is 0. The van der Waals surface area contributed by atoms with E-state index in [1.54, 1.807) is 11.3 Å². The first-order chi connectivity index (χ1) is 9.15. The second-order valence-corrected chi connectivity index (χ2v) is 7.01. The third-order valence-corrected chi connectivity index (χ3v) is 4.99. The first kappa shape index (κ1) is 12.9. The van der Waals surface area contributed by atoms with Gasteiger partial charge in [0, 0.05) is 22.2 Å². The van der Waals surface area contributed by atoms with Gasteiger partial charge in [-0.25, -0.2) is 4.98 Å².